The van der Waals surface area contributed by atoms with Gasteiger partial charge in [0.25, 0.3) is 0 Å². The summed E-state index contributed by atoms with van der Waals surface area (Å²) in [5.74, 6) is 0.741. The van der Waals surface area contributed by atoms with E-state index in [1.54, 1.807) is 0 Å². The van der Waals surface area contributed by atoms with Gasteiger partial charge in [-0.25, -0.2) is 0 Å². The van der Waals surface area contributed by atoms with E-state index in [9.17, 15) is 0 Å². The standard InChI is InChI=1S/C13H19Br/c1-4-11-5-7-12(8-6-11)13(14)9-10(2)3/h5-8,10,13H,4,9H2,1-3H3. The molecule has 0 spiro atoms. The molecule has 0 amide bonds. The molecule has 0 aromatic heterocycles. The van der Waals surface area contributed by atoms with Gasteiger partial charge in [0, 0.05) is 4.83 Å². The van der Waals surface area contributed by atoms with E-state index in [0.29, 0.717) is 4.83 Å². The number of aryl methyl sites for hydroxylation is 1. The molecule has 0 saturated carbocycles. The van der Waals surface area contributed by atoms with E-state index in [0.717, 1.165) is 12.3 Å². The van der Waals surface area contributed by atoms with Crippen molar-refractivity contribution in [2.45, 2.75) is 38.4 Å². The Kier molecular flexibility index (Phi) is 4.67. The summed E-state index contributed by atoms with van der Waals surface area (Å²) in [6.07, 6.45) is 2.32. The molecule has 1 heteroatoms. The average molecular weight is 255 g/mol. The van der Waals surface area contributed by atoms with Gasteiger partial charge in [-0.05, 0) is 29.9 Å². The van der Waals surface area contributed by atoms with Crippen LogP contribution in [0.3, 0.4) is 0 Å². The highest BCUT2D eigenvalue weighted by Crippen LogP contribution is 2.29. The first-order chi connectivity index (χ1) is 6.63. The number of hydrogen-bond donors (Lipinski definition) is 0. The lowest BCUT2D eigenvalue weighted by Crippen LogP contribution is -1.96. The lowest BCUT2D eigenvalue weighted by molar-refractivity contribution is 0.583. The second kappa shape index (κ2) is 5.55. The third kappa shape index (κ3) is 3.45. The van der Waals surface area contributed by atoms with Gasteiger partial charge >= 0.3 is 0 Å². The van der Waals surface area contributed by atoms with Crippen molar-refractivity contribution in [3.8, 4) is 0 Å². The Morgan fingerprint density at radius 2 is 1.71 bits per heavy atom. The van der Waals surface area contributed by atoms with Crippen LogP contribution >= 0.6 is 15.9 Å². The maximum Gasteiger partial charge on any atom is 0.0397 e. The minimum absolute atomic E-state index is 0.508. The summed E-state index contributed by atoms with van der Waals surface area (Å²) in [6.45, 7) is 6.71. The topological polar surface area (TPSA) is 0 Å². The minimum atomic E-state index is 0.508. The molecule has 0 heterocycles. The highest BCUT2D eigenvalue weighted by Gasteiger charge is 2.08. The monoisotopic (exact) mass is 254 g/mol. The van der Waals surface area contributed by atoms with Crippen molar-refractivity contribution in [3.63, 3.8) is 0 Å². The molecule has 14 heavy (non-hydrogen) atoms. The predicted molar refractivity (Wildman–Crippen MR) is 66.9 cm³/mol. The molecule has 0 aliphatic rings. The maximum atomic E-state index is 3.73. The van der Waals surface area contributed by atoms with Crippen LogP contribution < -0.4 is 0 Å². The van der Waals surface area contributed by atoms with Crippen LogP contribution in [0.5, 0.6) is 0 Å². The van der Waals surface area contributed by atoms with Gasteiger partial charge < -0.3 is 0 Å². The summed E-state index contributed by atoms with van der Waals surface area (Å²) in [4.78, 5) is 0.508. The van der Waals surface area contributed by atoms with Gasteiger partial charge in [-0.3, -0.25) is 0 Å². The summed E-state index contributed by atoms with van der Waals surface area (Å²) in [5, 5.41) is 0. The molecule has 0 fully saturated rings. The summed E-state index contributed by atoms with van der Waals surface area (Å²) in [5.41, 5.74) is 2.81. The molecule has 0 aliphatic heterocycles. The van der Waals surface area contributed by atoms with Crippen LogP contribution in [0, 0.1) is 5.92 Å². The fourth-order valence-electron chi connectivity index (χ4n) is 1.51. The fraction of sp³-hybridized carbons (Fsp3) is 0.538. The number of rotatable bonds is 4. The summed E-state index contributed by atoms with van der Waals surface area (Å²) < 4.78 is 0. The summed E-state index contributed by atoms with van der Waals surface area (Å²) in [7, 11) is 0. The van der Waals surface area contributed by atoms with E-state index in [1.807, 2.05) is 0 Å². The molecule has 0 bridgehead atoms. The van der Waals surface area contributed by atoms with Gasteiger partial charge in [0.05, 0.1) is 0 Å². The second-order valence-electron chi connectivity index (χ2n) is 4.19. The Morgan fingerprint density at radius 3 is 2.14 bits per heavy atom. The van der Waals surface area contributed by atoms with E-state index in [1.165, 1.54) is 17.5 Å². The van der Waals surface area contributed by atoms with Crippen molar-refractivity contribution in [2.24, 2.45) is 5.92 Å². The lowest BCUT2D eigenvalue weighted by atomic mass is 10.0. The molecule has 0 aliphatic carbocycles. The summed E-state index contributed by atoms with van der Waals surface area (Å²) in [6, 6.07) is 8.93. The predicted octanol–water partition coefficient (Wildman–Crippen LogP) is 4.73. The molecule has 1 rings (SSSR count). The van der Waals surface area contributed by atoms with Crippen LogP contribution in [0.15, 0.2) is 24.3 Å². The van der Waals surface area contributed by atoms with Crippen LogP contribution in [-0.4, -0.2) is 0 Å². The van der Waals surface area contributed by atoms with Crippen molar-refractivity contribution < 1.29 is 0 Å². The molecule has 1 aromatic carbocycles. The molecule has 1 aromatic rings. The first-order valence-corrected chi connectivity index (χ1v) is 6.28. The summed E-state index contributed by atoms with van der Waals surface area (Å²) >= 11 is 3.73. The van der Waals surface area contributed by atoms with Gasteiger partial charge in [-0.1, -0.05) is 61.0 Å². The molecular weight excluding hydrogens is 236 g/mol. The van der Waals surface area contributed by atoms with Crippen molar-refractivity contribution in [3.05, 3.63) is 35.4 Å². The third-order valence-corrected chi connectivity index (χ3v) is 3.33. The van der Waals surface area contributed by atoms with E-state index in [-0.39, 0.29) is 0 Å². The van der Waals surface area contributed by atoms with Crippen molar-refractivity contribution in [2.75, 3.05) is 0 Å². The van der Waals surface area contributed by atoms with Crippen LogP contribution in [0.2, 0.25) is 0 Å². The van der Waals surface area contributed by atoms with Crippen LogP contribution in [0.1, 0.15) is 43.1 Å². The highest BCUT2D eigenvalue weighted by atomic mass is 79.9. The van der Waals surface area contributed by atoms with E-state index in [2.05, 4.69) is 61.0 Å². The number of hydrogen-bond acceptors (Lipinski definition) is 0. The van der Waals surface area contributed by atoms with Crippen molar-refractivity contribution >= 4 is 15.9 Å². The molecular formula is C13H19Br. The van der Waals surface area contributed by atoms with Crippen LogP contribution in [0.4, 0.5) is 0 Å². The van der Waals surface area contributed by atoms with Gasteiger partial charge in [0.1, 0.15) is 0 Å². The van der Waals surface area contributed by atoms with Crippen LogP contribution in [0.25, 0.3) is 0 Å². The average Bonchev–Trinajstić information content (AvgIpc) is 2.17. The lowest BCUT2D eigenvalue weighted by Gasteiger charge is -2.12. The zero-order chi connectivity index (χ0) is 10.6. The van der Waals surface area contributed by atoms with E-state index in [4.69, 9.17) is 0 Å². The molecule has 0 radical (unpaired) electrons. The Bertz CT molecular complexity index is 261. The van der Waals surface area contributed by atoms with Gasteiger partial charge in [0.2, 0.25) is 0 Å². The molecule has 1 unspecified atom stereocenters. The zero-order valence-corrected chi connectivity index (χ0v) is 10.8. The smallest absolute Gasteiger partial charge is 0.0397 e. The molecule has 1 atom stereocenters. The second-order valence-corrected chi connectivity index (χ2v) is 5.30. The van der Waals surface area contributed by atoms with Gasteiger partial charge in [0.15, 0.2) is 0 Å². The Labute approximate surface area is 95.9 Å². The van der Waals surface area contributed by atoms with E-state index >= 15 is 0 Å². The molecule has 0 N–H and O–H groups in total. The normalized spacial score (nSPS) is 13.2. The minimum Gasteiger partial charge on any atom is -0.0839 e. The fourth-order valence-corrected chi connectivity index (χ4v) is 2.56. The van der Waals surface area contributed by atoms with Crippen LogP contribution in [-0.2, 0) is 6.42 Å². The maximum absolute atomic E-state index is 3.73. The molecule has 0 saturated heterocycles. The largest absolute Gasteiger partial charge is 0.0839 e. The van der Waals surface area contributed by atoms with E-state index < -0.39 is 0 Å². The van der Waals surface area contributed by atoms with Gasteiger partial charge in [-0.15, -0.1) is 0 Å². The number of halogens is 1. The van der Waals surface area contributed by atoms with Crippen molar-refractivity contribution in [1.29, 1.82) is 0 Å². The number of alkyl halides is 1. The Balaban J connectivity index is 2.66. The Hall–Kier alpha value is -0.300. The van der Waals surface area contributed by atoms with Crippen molar-refractivity contribution in [1.82, 2.24) is 0 Å². The SMILES string of the molecule is CCc1ccc(C(Br)CC(C)C)cc1. The Morgan fingerprint density at radius 1 is 1.14 bits per heavy atom. The highest BCUT2D eigenvalue weighted by molar-refractivity contribution is 9.09. The zero-order valence-electron chi connectivity index (χ0n) is 9.26. The first-order valence-electron chi connectivity index (χ1n) is 5.36. The molecule has 78 valence electrons. The third-order valence-electron chi connectivity index (χ3n) is 2.43. The van der Waals surface area contributed by atoms with Gasteiger partial charge in [-0.2, -0.15) is 0 Å². The first kappa shape index (κ1) is 11.8. The molecule has 0 nitrogen and oxygen atoms in total. The quantitative estimate of drug-likeness (QED) is 0.682. The number of benzene rings is 1.